The maximum absolute atomic E-state index is 12.8. The molecule has 0 unspecified atom stereocenters. The monoisotopic (exact) mass is 414 g/mol. The molecule has 0 spiro atoms. The second-order valence-electron chi connectivity index (χ2n) is 7.56. The summed E-state index contributed by atoms with van der Waals surface area (Å²) in [5.41, 5.74) is 3.04. The Morgan fingerprint density at radius 1 is 0.897 bits per heavy atom. The lowest BCUT2D eigenvalue weighted by Crippen LogP contribution is -2.31. The van der Waals surface area contributed by atoms with Crippen LogP contribution in [0.2, 0.25) is 0 Å². The predicted octanol–water partition coefficient (Wildman–Crippen LogP) is 4.39. The highest BCUT2D eigenvalue weighted by Gasteiger charge is 2.24. The number of nitrogens with one attached hydrogen (secondary N) is 1. The lowest BCUT2D eigenvalue weighted by molar-refractivity contribution is -0.116. The fraction of sp³-hybridized carbons (Fsp3) is 0.435. The van der Waals surface area contributed by atoms with Crippen molar-refractivity contribution in [3.8, 4) is 0 Å². The molecular formula is C23H30N2O3S. The number of anilines is 1. The average Bonchev–Trinajstić information content (AvgIpc) is 3.03. The summed E-state index contributed by atoms with van der Waals surface area (Å²) in [5, 5.41) is 2.86. The molecule has 0 radical (unpaired) electrons. The van der Waals surface area contributed by atoms with Gasteiger partial charge in [-0.1, -0.05) is 44.0 Å². The van der Waals surface area contributed by atoms with Gasteiger partial charge >= 0.3 is 0 Å². The van der Waals surface area contributed by atoms with Crippen LogP contribution < -0.4 is 5.32 Å². The average molecular weight is 415 g/mol. The van der Waals surface area contributed by atoms with Crippen LogP contribution in [-0.4, -0.2) is 31.7 Å². The number of carbonyl (C=O) groups excluding carboxylic acids is 1. The summed E-state index contributed by atoms with van der Waals surface area (Å²) in [6.07, 6.45) is 6.06. The zero-order chi connectivity index (χ0) is 20.7. The fourth-order valence-corrected chi connectivity index (χ4v) is 5.08. The first-order valence-electron chi connectivity index (χ1n) is 10.5. The van der Waals surface area contributed by atoms with E-state index in [1.54, 1.807) is 28.6 Å². The Morgan fingerprint density at radius 2 is 1.48 bits per heavy atom. The first-order chi connectivity index (χ1) is 14.0. The smallest absolute Gasteiger partial charge is 0.243 e. The maximum Gasteiger partial charge on any atom is 0.243 e. The first-order valence-corrected chi connectivity index (χ1v) is 11.9. The molecule has 6 heteroatoms. The highest BCUT2D eigenvalue weighted by Crippen LogP contribution is 2.22. The molecule has 0 saturated carbocycles. The summed E-state index contributed by atoms with van der Waals surface area (Å²) in [4.78, 5) is 12.5. The summed E-state index contributed by atoms with van der Waals surface area (Å²) in [5.74, 6) is -0.0762. The Morgan fingerprint density at radius 3 is 2.07 bits per heavy atom. The van der Waals surface area contributed by atoms with Gasteiger partial charge in [-0.3, -0.25) is 4.79 Å². The molecule has 156 valence electrons. The number of benzene rings is 2. The number of nitrogens with zero attached hydrogens (tertiary/aromatic N) is 1. The zero-order valence-electron chi connectivity index (χ0n) is 17.1. The van der Waals surface area contributed by atoms with Crippen molar-refractivity contribution in [2.75, 3.05) is 18.4 Å². The molecule has 1 amide bonds. The highest BCUT2D eigenvalue weighted by molar-refractivity contribution is 7.89. The van der Waals surface area contributed by atoms with E-state index < -0.39 is 10.0 Å². The van der Waals surface area contributed by atoms with E-state index in [0.717, 1.165) is 37.7 Å². The molecule has 0 aliphatic carbocycles. The lowest BCUT2D eigenvalue weighted by atomic mass is 10.1. The molecule has 0 atom stereocenters. The highest BCUT2D eigenvalue weighted by atomic mass is 32.2. The van der Waals surface area contributed by atoms with Crippen molar-refractivity contribution in [1.29, 1.82) is 0 Å². The lowest BCUT2D eigenvalue weighted by Gasteiger charge is -2.20. The van der Waals surface area contributed by atoms with Crippen LogP contribution in [0, 0.1) is 0 Å². The zero-order valence-corrected chi connectivity index (χ0v) is 17.9. The van der Waals surface area contributed by atoms with Gasteiger partial charge in [0, 0.05) is 25.2 Å². The van der Waals surface area contributed by atoms with Crippen molar-refractivity contribution in [2.45, 2.75) is 56.8 Å². The van der Waals surface area contributed by atoms with Gasteiger partial charge in [0.15, 0.2) is 0 Å². The molecule has 1 saturated heterocycles. The van der Waals surface area contributed by atoms with Crippen LogP contribution in [0.5, 0.6) is 0 Å². The van der Waals surface area contributed by atoms with Crippen LogP contribution in [0.4, 0.5) is 5.69 Å². The van der Waals surface area contributed by atoms with Crippen molar-refractivity contribution in [3.63, 3.8) is 0 Å². The molecule has 3 rings (SSSR count). The Balaban J connectivity index is 1.55. The molecule has 2 aromatic carbocycles. The molecule has 1 N–H and O–H groups in total. The summed E-state index contributed by atoms with van der Waals surface area (Å²) < 4.78 is 27.2. The first kappa shape index (κ1) is 21.5. The topological polar surface area (TPSA) is 66.5 Å². The summed E-state index contributed by atoms with van der Waals surface area (Å²) in [6, 6.07) is 14.8. The molecule has 5 nitrogen and oxygen atoms in total. The van der Waals surface area contributed by atoms with Crippen LogP contribution in [0.3, 0.4) is 0 Å². The van der Waals surface area contributed by atoms with Gasteiger partial charge in [0.1, 0.15) is 0 Å². The van der Waals surface area contributed by atoms with Gasteiger partial charge in [0.2, 0.25) is 15.9 Å². The Labute approximate surface area is 174 Å². The number of carbonyl (C=O) groups is 1. The second kappa shape index (κ2) is 10.0. The minimum Gasteiger partial charge on any atom is -0.326 e. The van der Waals surface area contributed by atoms with Crippen molar-refractivity contribution < 1.29 is 13.2 Å². The van der Waals surface area contributed by atoms with Crippen LogP contribution in [-0.2, 0) is 27.7 Å². The van der Waals surface area contributed by atoms with E-state index >= 15 is 0 Å². The predicted molar refractivity (Wildman–Crippen MR) is 116 cm³/mol. The summed E-state index contributed by atoms with van der Waals surface area (Å²) >= 11 is 0. The third-order valence-electron chi connectivity index (χ3n) is 5.41. The molecule has 1 fully saturated rings. The maximum atomic E-state index is 12.8. The Hall–Kier alpha value is -2.18. The quantitative estimate of drug-likeness (QED) is 0.731. The van der Waals surface area contributed by atoms with E-state index in [9.17, 15) is 13.2 Å². The van der Waals surface area contributed by atoms with E-state index in [0.29, 0.717) is 31.6 Å². The number of sulfonamides is 1. The second-order valence-corrected chi connectivity index (χ2v) is 9.50. The van der Waals surface area contributed by atoms with E-state index in [4.69, 9.17) is 0 Å². The number of rotatable bonds is 7. The number of aryl methyl sites for hydroxylation is 2. The SMILES string of the molecule is CCc1ccc(CCC(=O)Nc2ccc(S(=O)(=O)N3CCCCCC3)cc2)cc1. The van der Waals surface area contributed by atoms with Gasteiger partial charge in [-0.05, 0) is 61.1 Å². The van der Waals surface area contributed by atoms with Crippen LogP contribution in [0.25, 0.3) is 0 Å². The minimum atomic E-state index is -3.46. The largest absolute Gasteiger partial charge is 0.326 e. The third kappa shape index (κ3) is 5.90. The molecule has 0 bridgehead atoms. The van der Waals surface area contributed by atoms with Crippen LogP contribution in [0.1, 0.15) is 50.2 Å². The van der Waals surface area contributed by atoms with Crippen molar-refractivity contribution in [3.05, 3.63) is 59.7 Å². The normalized spacial score (nSPS) is 15.6. The van der Waals surface area contributed by atoms with Gasteiger partial charge < -0.3 is 5.32 Å². The van der Waals surface area contributed by atoms with Gasteiger partial charge in [-0.15, -0.1) is 0 Å². The van der Waals surface area contributed by atoms with Crippen LogP contribution in [0.15, 0.2) is 53.4 Å². The van der Waals surface area contributed by atoms with Crippen LogP contribution >= 0.6 is 0 Å². The van der Waals surface area contributed by atoms with E-state index in [2.05, 4.69) is 36.5 Å². The van der Waals surface area contributed by atoms with Gasteiger partial charge in [0.05, 0.1) is 4.90 Å². The van der Waals surface area contributed by atoms with Crippen molar-refractivity contribution in [2.24, 2.45) is 0 Å². The van der Waals surface area contributed by atoms with E-state index in [1.807, 2.05) is 0 Å². The van der Waals surface area contributed by atoms with E-state index in [1.165, 1.54) is 5.56 Å². The van der Waals surface area contributed by atoms with Gasteiger partial charge in [-0.2, -0.15) is 4.31 Å². The molecule has 0 aromatic heterocycles. The molecule has 1 aliphatic heterocycles. The Bertz CT molecular complexity index is 898. The number of amides is 1. The van der Waals surface area contributed by atoms with Crippen molar-refractivity contribution >= 4 is 21.6 Å². The molecule has 1 heterocycles. The van der Waals surface area contributed by atoms with Gasteiger partial charge in [0.25, 0.3) is 0 Å². The summed E-state index contributed by atoms with van der Waals surface area (Å²) in [6.45, 7) is 3.28. The molecular weight excluding hydrogens is 384 g/mol. The third-order valence-corrected chi connectivity index (χ3v) is 7.33. The number of hydrogen-bond donors (Lipinski definition) is 1. The van der Waals surface area contributed by atoms with Gasteiger partial charge in [-0.25, -0.2) is 8.42 Å². The van der Waals surface area contributed by atoms with E-state index in [-0.39, 0.29) is 10.8 Å². The molecule has 2 aromatic rings. The number of hydrogen-bond acceptors (Lipinski definition) is 3. The Kier molecular flexibility index (Phi) is 7.45. The summed E-state index contributed by atoms with van der Waals surface area (Å²) in [7, 11) is -3.46. The minimum absolute atomic E-state index is 0.0762. The standard InChI is InChI=1S/C23H30N2O3S/c1-2-19-7-9-20(10-8-19)11-16-23(26)24-21-12-14-22(15-13-21)29(27,28)25-17-5-3-4-6-18-25/h7-10,12-15H,2-6,11,16-18H2,1H3,(H,24,26). The fourth-order valence-electron chi connectivity index (χ4n) is 3.56. The molecule has 1 aliphatic rings. The van der Waals surface area contributed by atoms with Crippen molar-refractivity contribution in [1.82, 2.24) is 4.31 Å². The molecule has 29 heavy (non-hydrogen) atoms.